The fourth-order valence-corrected chi connectivity index (χ4v) is 4.36. The number of benzene rings is 1. The first-order chi connectivity index (χ1) is 14.9. The summed E-state index contributed by atoms with van der Waals surface area (Å²) in [6.45, 7) is 1.25. The molecule has 1 saturated heterocycles. The molecule has 0 saturated carbocycles. The molecule has 2 aromatic heterocycles. The number of alkyl halides is 3. The summed E-state index contributed by atoms with van der Waals surface area (Å²) < 4.78 is 38.0. The molecule has 3 aromatic rings. The molecule has 0 aliphatic carbocycles. The van der Waals surface area contributed by atoms with E-state index in [1.807, 2.05) is 40.6 Å². The van der Waals surface area contributed by atoms with E-state index in [0.29, 0.717) is 31.7 Å². The van der Waals surface area contributed by atoms with Gasteiger partial charge in [-0.3, -0.25) is 4.79 Å². The molecule has 0 unspecified atom stereocenters. The van der Waals surface area contributed by atoms with Crippen LogP contribution in [-0.2, 0) is 17.4 Å². The second-order valence-electron chi connectivity index (χ2n) is 7.42. The Labute approximate surface area is 182 Å². The van der Waals surface area contributed by atoms with Crippen LogP contribution in [0.15, 0.2) is 54.0 Å². The van der Waals surface area contributed by atoms with Crippen LogP contribution in [0.25, 0.3) is 10.6 Å². The molecule has 0 atom stereocenters. The Morgan fingerprint density at radius 3 is 2.52 bits per heavy atom. The van der Waals surface area contributed by atoms with E-state index in [4.69, 9.17) is 0 Å². The standard InChI is InChI=1S/C22H21F3N4OS/c23-22(24,25)16-6-7-19(26-13-16)29-10-8-17(9-11-29)27-20(30)12-18-14-31-21(28-18)15-4-2-1-3-5-15/h1-7,13-14,17H,8-12H2,(H,27,30). The molecular formula is C22H21F3N4OS. The van der Waals surface area contributed by atoms with E-state index in [2.05, 4.69) is 15.3 Å². The lowest BCUT2D eigenvalue weighted by atomic mass is 10.0. The van der Waals surface area contributed by atoms with E-state index in [9.17, 15) is 18.0 Å². The first-order valence-electron chi connectivity index (χ1n) is 9.96. The molecule has 1 amide bonds. The summed E-state index contributed by atoms with van der Waals surface area (Å²) in [5.41, 5.74) is 1.02. The molecule has 0 radical (unpaired) electrons. The van der Waals surface area contributed by atoms with Gasteiger partial charge in [0, 0.05) is 36.3 Å². The quantitative estimate of drug-likeness (QED) is 0.625. The Bertz CT molecular complexity index is 1010. The topological polar surface area (TPSA) is 58.1 Å². The molecule has 1 aliphatic heterocycles. The maximum atomic E-state index is 12.7. The second kappa shape index (κ2) is 9.05. The van der Waals surface area contributed by atoms with E-state index in [0.717, 1.165) is 28.5 Å². The first-order valence-corrected chi connectivity index (χ1v) is 10.8. The van der Waals surface area contributed by atoms with Crippen LogP contribution < -0.4 is 10.2 Å². The van der Waals surface area contributed by atoms with Gasteiger partial charge in [0.25, 0.3) is 0 Å². The predicted octanol–water partition coefficient (Wildman–Crippen LogP) is 4.55. The fraction of sp³-hybridized carbons (Fsp3) is 0.318. The number of rotatable bonds is 5. The summed E-state index contributed by atoms with van der Waals surface area (Å²) in [5.74, 6) is 0.449. The van der Waals surface area contributed by atoms with Gasteiger partial charge in [-0.25, -0.2) is 9.97 Å². The number of amides is 1. The summed E-state index contributed by atoms with van der Waals surface area (Å²) in [4.78, 5) is 22.9. The van der Waals surface area contributed by atoms with E-state index < -0.39 is 11.7 Å². The molecule has 31 heavy (non-hydrogen) atoms. The number of thiazole rings is 1. The third-order valence-electron chi connectivity index (χ3n) is 5.17. The molecule has 1 fully saturated rings. The summed E-state index contributed by atoms with van der Waals surface area (Å²) in [6, 6.07) is 12.3. The molecule has 0 bridgehead atoms. The van der Waals surface area contributed by atoms with Gasteiger partial charge < -0.3 is 10.2 Å². The van der Waals surface area contributed by atoms with E-state index >= 15 is 0 Å². The lowest BCUT2D eigenvalue weighted by Crippen LogP contribution is -2.45. The maximum Gasteiger partial charge on any atom is 0.417 e. The van der Waals surface area contributed by atoms with Crippen molar-refractivity contribution < 1.29 is 18.0 Å². The summed E-state index contributed by atoms with van der Waals surface area (Å²) in [7, 11) is 0. The number of carbonyl (C=O) groups is 1. The normalized spacial score (nSPS) is 15.1. The van der Waals surface area contributed by atoms with Crippen LogP contribution in [0.2, 0.25) is 0 Å². The largest absolute Gasteiger partial charge is 0.417 e. The highest BCUT2D eigenvalue weighted by Crippen LogP contribution is 2.30. The van der Waals surface area contributed by atoms with Crippen molar-refractivity contribution in [2.45, 2.75) is 31.5 Å². The lowest BCUT2D eigenvalue weighted by Gasteiger charge is -2.33. The third-order valence-corrected chi connectivity index (χ3v) is 6.11. The van der Waals surface area contributed by atoms with Crippen LogP contribution in [0.1, 0.15) is 24.1 Å². The predicted molar refractivity (Wildman–Crippen MR) is 114 cm³/mol. The molecule has 1 aromatic carbocycles. The third kappa shape index (κ3) is 5.41. The minimum Gasteiger partial charge on any atom is -0.356 e. The van der Waals surface area contributed by atoms with E-state index in [1.54, 1.807) is 0 Å². The Kier molecular flexibility index (Phi) is 6.22. The van der Waals surface area contributed by atoms with Crippen LogP contribution in [0.4, 0.5) is 19.0 Å². The zero-order valence-corrected chi connectivity index (χ0v) is 17.4. The van der Waals surface area contributed by atoms with Crippen LogP contribution in [0.5, 0.6) is 0 Å². The van der Waals surface area contributed by atoms with Crippen molar-refractivity contribution in [2.24, 2.45) is 0 Å². The van der Waals surface area contributed by atoms with Gasteiger partial charge in [0.2, 0.25) is 5.91 Å². The van der Waals surface area contributed by atoms with Gasteiger partial charge in [-0.1, -0.05) is 30.3 Å². The van der Waals surface area contributed by atoms with Crippen molar-refractivity contribution >= 4 is 23.1 Å². The number of anilines is 1. The van der Waals surface area contributed by atoms with Crippen LogP contribution in [0, 0.1) is 0 Å². The highest BCUT2D eigenvalue weighted by atomic mass is 32.1. The average molecular weight is 446 g/mol. The Morgan fingerprint density at radius 1 is 1.13 bits per heavy atom. The fourth-order valence-electron chi connectivity index (χ4n) is 3.54. The summed E-state index contributed by atoms with van der Waals surface area (Å²) in [6.07, 6.45) is -1.88. The van der Waals surface area contributed by atoms with E-state index in [-0.39, 0.29) is 18.4 Å². The minimum atomic E-state index is -4.39. The number of pyridine rings is 1. The van der Waals surface area contributed by atoms with Crippen molar-refractivity contribution in [3.8, 4) is 10.6 Å². The number of hydrogen-bond donors (Lipinski definition) is 1. The van der Waals surface area contributed by atoms with Crippen LogP contribution in [-0.4, -0.2) is 35.0 Å². The number of carbonyl (C=O) groups excluding carboxylic acids is 1. The number of aromatic nitrogens is 2. The molecule has 1 aliphatic rings. The Hall–Kier alpha value is -2.94. The van der Waals surface area contributed by atoms with Crippen molar-refractivity contribution in [3.63, 3.8) is 0 Å². The SMILES string of the molecule is O=C(Cc1csc(-c2ccccc2)n1)NC1CCN(c2ccc(C(F)(F)F)cn2)CC1. The number of nitrogens with zero attached hydrogens (tertiary/aromatic N) is 3. The van der Waals surface area contributed by atoms with Crippen LogP contribution in [0.3, 0.4) is 0 Å². The highest BCUT2D eigenvalue weighted by Gasteiger charge is 2.31. The summed E-state index contributed by atoms with van der Waals surface area (Å²) in [5, 5.41) is 5.84. The number of piperidine rings is 1. The first kappa shape index (κ1) is 21.3. The minimum absolute atomic E-state index is 0.0328. The molecule has 9 heteroatoms. The molecule has 3 heterocycles. The smallest absolute Gasteiger partial charge is 0.356 e. The Morgan fingerprint density at radius 2 is 1.87 bits per heavy atom. The van der Waals surface area contributed by atoms with Gasteiger partial charge in [-0.15, -0.1) is 11.3 Å². The maximum absolute atomic E-state index is 12.7. The molecule has 5 nitrogen and oxygen atoms in total. The van der Waals surface area contributed by atoms with Gasteiger partial charge in [-0.05, 0) is 25.0 Å². The van der Waals surface area contributed by atoms with E-state index in [1.165, 1.54) is 17.4 Å². The van der Waals surface area contributed by atoms with Gasteiger partial charge in [0.1, 0.15) is 10.8 Å². The van der Waals surface area contributed by atoms with Crippen LogP contribution >= 0.6 is 11.3 Å². The zero-order valence-electron chi connectivity index (χ0n) is 16.6. The number of hydrogen-bond acceptors (Lipinski definition) is 5. The average Bonchev–Trinajstić information content (AvgIpc) is 3.23. The van der Waals surface area contributed by atoms with Crippen molar-refractivity contribution in [1.29, 1.82) is 0 Å². The van der Waals surface area contributed by atoms with Gasteiger partial charge in [0.05, 0.1) is 17.7 Å². The zero-order chi connectivity index (χ0) is 21.8. The molecule has 4 rings (SSSR count). The second-order valence-corrected chi connectivity index (χ2v) is 8.28. The monoisotopic (exact) mass is 446 g/mol. The Balaban J connectivity index is 1.26. The lowest BCUT2D eigenvalue weighted by molar-refractivity contribution is -0.137. The number of nitrogens with one attached hydrogen (secondary N) is 1. The van der Waals surface area contributed by atoms with Gasteiger partial charge in [0.15, 0.2) is 0 Å². The number of halogens is 3. The molecular weight excluding hydrogens is 425 g/mol. The van der Waals surface area contributed by atoms with Crippen molar-refractivity contribution in [1.82, 2.24) is 15.3 Å². The summed E-state index contributed by atoms with van der Waals surface area (Å²) >= 11 is 1.52. The van der Waals surface area contributed by atoms with Gasteiger partial charge in [-0.2, -0.15) is 13.2 Å². The molecule has 1 N–H and O–H groups in total. The van der Waals surface area contributed by atoms with Crippen molar-refractivity contribution in [3.05, 3.63) is 65.3 Å². The van der Waals surface area contributed by atoms with Gasteiger partial charge >= 0.3 is 6.18 Å². The molecule has 162 valence electrons. The van der Waals surface area contributed by atoms with Crippen molar-refractivity contribution in [2.75, 3.05) is 18.0 Å². The highest BCUT2D eigenvalue weighted by molar-refractivity contribution is 7.13. The molecule has 0 spiro atoms.